The number of halogens is 3. The highest BCUT2D eigenvalue weighted by Crippen LogP contribution is 2.41. The van der Waals surface area contributed by atoms with Gasteiger partial charge in [-0.3, -0.25) is 0 Å². The zero-order valence-electron chi connectivity index (χ0n) is 17.0. The number of carbonyl (C=O) groups is 1. The van der Waals surface area contributed by atoms with Gasteiger partial charge in [0.05, 0.1) is 5.56 Å². The van der Waals surface area contributed by atoms with Crippen LogP contribution in [0.15, 0.2) is 24.3 Å². The van der Waals surface area contributed by atoms with Gasteiger partial charge in [0.1, 0.15) is 11.9 Å². The molecule has 0 bridgehead atoms. The number of alkyl halides is 3. The molecule has 162 valence electrons. The van der Waals surface area contributed by atoms with Crippen LogP contribution in [0.25, 0.3) is 0 Å². The van der Waals surface area contributed by atoms with Gasteiger partial charge in [-0.1, -0.05) is 32.6 Å². The molecule has 0 heterocycles. The van der Waals surface area contributed by atoms with Crippen LogP contribution in [0.3, 0.4) is 0 Å². The zero-order chi connectivity index (χ0) is 20.9. The summed E-state index contributed by atoms with van der Waals surface area (Å²) in [5, 5.41) is 0. The second-order valence-electron chi connectivity index (χ2n) is 8.58. The molecule has 0 spiro atoms. The van der Waals surface area contributed by atoms with Crippen molar-refractivity contribution in [3.63, 3.8) is 0 Å². The summed E-state index contributed by atoms with van der Waals surface area (Å²) in [7, 11) is 0. The van der Waals surface area contributed by atoms with E-state index in [0.717, 1.165) is 43.4 Å². The molecular weight excluding hydrogens is 398 g/mol. The molecule has 29 heavy (non-hydrogen) atoms. The van der Waals surface area contributed by atoms with Gasteiger partial charge in [0.15, 0.2) is 0 Å². The molecule has 2 aliphatic carbocycles. The van der Waals surface area contributed by atoms with E-state index in [-0.39, 0.29) is 11.9 Å². The normalized spacial score (nSPS) is 28.0. The van der Waals surface area contributed by atoms with Crippen LogP contribution in [0, 0.1) is 17.8 Å². The Labute approximate surface area is 177 Å². The fourth-order valence-electron chi connectivity index (χ4n) is 5.05. The van der Waals surface area contributed by atoms with Crippen LogP contribution in [0.2, 0.25) is 0 Å². The Balaban J connectivity index is 1.42. The van der Waals surface area contributed by atoms with E-state index in [1.165, 1.54) is 62.8 Å². The Kier molecular flexibility index (Phi) is 7.78. The van der Waals surface area contributed by atoms with Gasteiger partial charge < -0.3 is 9.47 Å². The maximum Gasteiger partial charge on any atom is 0.487 e. The largest absolute Gasteiger partial charge is 0.487 e. The molecule has 2 fully saturated rings. The van der Waals surface area contributed by atoms with Crippen LogP contribution < -0.4 is 4.74 Å². The van der Waals surface area contributed by atoms with Crippen molar-refractivity contribution in [3.8, 4) is 5.75 Å². The molecule has 0 unspecified atom stereocenters. The average molecular weight is 429 g/mol. The van der Waals surface area contributed by atoms with Crippen molar-refractivity contribution in [2.24, 2.45) is 17.8 Å². The lowest BCUT2D eigenvalue weighted by molar-refractivity contribution is -0.0964. The van der Waals surface area contributed by atoms with E-state index in [2.05, 4.69) is 11.7 Å². The Bertz CT molecular complexity index is 643. The lowest BCUT2D eigenvalue weighted by atomic mass is 9.70. The molecule has 0 N–H and O–H groups in total. The van der Waals surface area contributed by atoms with Gasteiger partial charge in [-0.25, -0.2) is 4.79 Å². The molecule has 2 aliphatic rings. The van der Waals surface area contributed by atoms with Crippen molar-refractivity contribution in [3.05, 3.63) is 29.8 Å². The minimum atomic E-state index is -3.77. The van der Waals surface area contributed by atoms with Gasteiger partial charge in [-0.15, -0.1) is 8.78 Å². The molecule has 3 rings (SSSR count). The Morgan fingerprint density at radius 3 is 2.07 bits per heavy atom. The fraction of sp³-hybridized carbons (Fsp3) is 0.696. The highest BCUT2D eigenvalue weighted by atomic mass is 35.5. The van der Waals surface area contributed by atoms with Crippen molar-refractivity contribution < 1.29 is 23.0 Å². The lowest BCUT2D eigenvalue weighted by Crippen LogP contribution is -2.29. The maximum atomic E-state index is 12.6. The van der Waals surface area contributed by atoms with Crippen LogP contribution in [-0.2, 0) is 4.74 Å². The fourth-order valence-corrected chi connectivity index (χ4v) is 5.14. The standard InChI is InChI=1S/C23H31ClF2O3/c1-2-3-16-4-6-17(7-5-16)18-8-12-20(13-9-18)28-22(27)19-10-14-21(15-11-19)29-23(24,25)26/h10-11,14-18,20H,2-9,12-13H2,1H3. The number of hydrogen-bond acceptors (Lipinski definition) is 3. The lowest BCUT2D eigenvalue weighted by Gasteiger charge is -2.37. The summed E-state index contributed by atoms with van der Waals surface area (Å²) in [5.41, 5.74) is -3.44. The van der Waals surface area contributed by atoms with Gasteiger partial charge >= 0.3 is 11.5 Å². The van der Waals surface area contributed by atoms with Gasteiger partial charge in [0.25, 0.3) is 0 Å². The SMILES string of the molecule is CCCC1CCC(C2CCC(OC(=O)c3ccc(OC(F)(F)Cl)cc3)CC2)CC1. The second-order valence-corrected chi connectivity index (χ2v) is 9.02. The van der Waals surface area contributed by atoms with Crippen molar-refractivity contribution in [2.75, 3.05) is 0 Å². The maximum absolute atomic E-state index is 12.6. The Hall–Kier alpha value is -1.36. The van der Waals surface area contributed by atoms with Crippen LogP contribution >= 0.6 is 11.6 Å². The highest BCUT2D eigenvalue weighted by molar-refractivity contribution is 6.20. The minimum Gasteiger partial charge on any atom is -0.459 e. The first-order chi connectivity index (χ1) is 13.8. The Morgan fingerprint density at radius 1 is 1.00 bits per heavy atom. The van der Waals surface area contributed by atoms with E-state index in [4.69, 9.17) is 16.3 Å². The van der Waals surface area contributed by atoms with Crippen molar-refractivity contribution >= 4 is 17.6 Å². The highest BCUT2D eigenvalue weighted by Gasteiger charge is 2.32. The summed E-state index contributed by atoms with van der Waals surface area (Å²) in [5.74, 6) is 2.02. The quantitative estimate of drug-likeness (QED) is 0.341. The molecule has 1 aromatic rings. The van der Waals surface area contributed by atoms with Gasteiger partial charge in [-0.05, 0) is 80.5 Å². The number of benzene rings is 1. The number of rotatable bonds is 7. The monoisotopic (exact) mass is 428 g/mol. The summed E-state index contributed by atoms with van der Waals surface area (Å²) in [4.78, 5) is 12.4. The summed E-state index contributed by atoms with van der Waals surface area (Å²) in [6, 6.07) is 5.42. The van der Waals surface area contributed by atoms with Crippen molar-refractivity contribution in [1.29, 1.82) is 0 Å². The summed E-state index contributed by atoms with van der Waals surface area (Å²) < 4.78 is 35.2. The van der Waals surface area contributed by atoms with E-state index < -0.39 is 11.5 Å². The molecule has 0 amide bonds. The van der Waals surface area contributed by atoms with Crippen molar-refractivity contribution in [2.45, 2.75) is 82.8 Å². The molecular formula is C23H31ClF2O3. The van der Waals surface area contributed by atoms with Gasteiger partial charge in [0, 0.05) is 11.6 Å². The van der Waals surface area contributed by atoms with E-state index in [0.29, 0.717) is 5.56 Å². The molecule has 3 nitrogen and oxygen atoms in total. The molecule has 0 radical (unpaired) electrons. The molecule has 2 saturated carbocycles. The van der Waals surface area contributed by atoms with Crippen LogP contribution in [0.5, 0.6) is 5.75 Å². The van der Waals surface area contributed by atoms with Crippen LogP contribution in [-0.4, -0.2) is 17.6 Å². The first-order valence-corrected chi connectivity index (χ1v) is 11.3. The first kappa shape index (κ1) is 22.3. The van der Waals surface area contributed by atoms with Crippen molar-refractivity contribution in [1.82, 2.24) is 0 Å². The van der Waals surface area contributed by atoms with Crippen LogP contribution in [0.4, 0.5) is 8.78 Å². The number of esters is 1. The van der Waals surface area contributed by atoms with E-state index in [1.54, 1.807) is 0 Å². The molecule has 0 saturated heterocycles. The van der Waals surface area contributed by atoms with E-state index in [1.807, 2.05) is 0 Å². The molecule has 0 aliphatic heterocycles. The molecule has 0 aromatic heterocycles. The third-order valence-electron chi connectivity index (χ3n) is 6.57. The number of ether oxygens (including phenoxy) is 2. The second kappa shape index (κ2) is 10.1. The van der Waals surface area contributed by atoms with E-state index in [9.17, 15) is 13.6 Å². The summed E-state index contributed by atoms with van der Waals surface area (Å²) in [6.45, 7) is 2.27. The summed E-state index contributed by atoms with van der Waals surface area (Å²) in [6.07, 6.45) is 12.1. The van der Waals surface area contributed by atoms with Crippen LogP contribution in [0.1, 0.15) is 81.5 Å². The molecule has 1 aromatic carbocycles. The number of hydrogen-bond donors (Lipinski definition) is 0. The average Bonchev–Trinajstić information content (AvgIpc) is 2.69. The minimum absolute atomic E-state index is 0.0571. The Morgan fingerprint density at radius 2 is 1.55 bits per heavy atom. The number of carbonyl (C=O) groups excluding carboxylic acids is 1. The molecule has 6 heteroatoms. The topological polar surface area (TPSA) is 35.5 Å². The van der Waals surface area contributed by atoms with Gasteiger partial charge in [-0.2, -0.15) is 0 Å². The third kappa shape index (κ3) is 6.84. The molecule has 0 atom stereocenters. The smallest absolute Gasteiger partial charge is 0.459 e. The zero-order valence-corrected chi connectivity index (χ0v) is 17.8. The van der Waals surface area contributed by atoms with E-state index >= 15 is 0 Å². The predicted octanol–water partition coefficient (Wildman–Crippen LogP) is 7.18. The predicted molar refractivity (Wildman–Crippen MR) is 109 cm³/mol. The van der Waals surface area contributed by atoms with Gasteiger partial charge in [0.2, 0.25) is 0 Å². The third-order valence-corrected chi connectivity index (χ3v) is 6.65. The summed E-state index contributed by atoms with van der Waals surface area (Å²) >= 11 is 4.74. The first-order valence-electron chi connectivity index (χ1n) is 10.9.